The highest BCUT2D eigenvalue weighted by Gasteiger charge is 2.12. The smallest absolute Gasteiger partial charge is 0.251 e. The molecule has 2 unspecified atom stereocenters. The van der Waals surface area contributed by atoms with Gasteiger partial charge in [-0.2, -0.15) is 5.10 Å². The fourth-order valence-electron chi connectivity index (χ4n) is 2.66. The van der Waals surface area contributed by atoms with Crippen molar-refractivity contribution in [3.05, 3.63) is 77.9 Å². The van der Waals surface area contributed by atoms with Crippen molar-refractivity contribution in [1.82, 2.24) is 20.1 Å². The van der Waals surface area contributed by atoms with Crippen LogP contribution in [0, 0.1) is 0 Å². The van der Waals surface area contributed by atoms with E-state index in [0.29, 0.717) is 11.3 Å². The summed E-state index contributed by atoms with van der Waals surface area (Å²) in [4.78, 5) is 16.4. The quantitative estimate of drug-likeness (QED) is 0.726. The van der Waals surface area contributed by atoms with Gasteiger partial charge < -0.3 is 5.32 Å². The first-order chi connectivity index (χ1) is 12.5. The number of nitrogens with zero attached hydrogens (tertiary/aromatic N) is 3. The summed E-state index contributed by atoms with van der Waals surface area (Å²) in [6, 6.07) is 14.9. The molecule has 3 rings (SSSR count). The van der Waals surface area contributed by atoms with Crippen LogP contribution in [-0.4, -0.2) is 31.1 Å². The number of aromatic nitrogens is 3. The summed E-state index contributed by atoms with van der Waals surface area (Å²) in [5, 5.41) is 7.09. The van der Waals surface area contributed by atoms with Crippen LogP contribution in [0.3, 0.4) is 0 Å². The second-order valence-corrected chi connectivity index (χ2v) is 7.48. The van der Waals surface area contributed by atoms with Gasteiger partial charge in [-0.3, -0.25) is 9.00 Å². The van der Waals surface area contributed by atoms with E-state index in [1.54, 1.807) is 29.4 Å². The molecule has 0 spiro atoms. The lowest BCUT2D eigenvalue weighted by Crippen LogP contribution is -2.26. The van der Waals surface area contributed by atoms with Gasteiger partial charge in [-0.15, -0.1) is 0 Å². The molecule has 2 atom stereocenters. The lowest BCUT2D eigenvalue weighted by atomic mass is 10.1. The maximum absolute atomic E-state index is 12.5. The van der Waals surface area contributed by atoms with Crippen LogP contribution in [0.5, 0.6) is 0 Å². The van der Waals surface area contributed by atoms with Crippen LogP contribution in [0.2, 0.25) is 0 Å². The molecule has 6 nitrogen and oxygen atoms in total. The minimum atomic E-state index is -0.937. The zero-order chi connectivity index (χ0) is 18.5. The summed E-state index contributed by atoms with van der Waals surface area (Å²) in [5.41, 5.74) is 3.36. The molecule has 7 heteroatoms. The molecule has 3 aromatic rings. The van der Waals surface area contributed by atoms with Crippen molar-refractivity contribution >= 4 is 16.7 Å². The molecule has 134 valence electrons. The Hall–Kier alpha value is -2.80. The van der Waals surface area contributed by atoms with Crippen LogP contribution in [0.4, 0.5) is 0 Å². The summed E-state index contributed by atoms with van der Waals surface area (Å²) in [6.45, 7) is 1.94. The van der Waals surface area contributed by atoms with Gasteiger partial charge >= 0.3 is 0 Å². The maximum atomic E-state index is 12.5. The second kappa shape index (κ2) is 8.05. The number of hydrogen-bond acceptors (Lipinski definition) is 4. The number of amides is 1. The predicted octanol–water partition coefficient (Wildman–Crippen LogP) is 2.64. The predicted molar refractivity (Wildman–Crippen MR) is 101 cm³/mol. The average molecular weight is 368 g/mol. The van der Waals surface area contributed by atoms with Gasteiger partial charge in [0.1, 0.15) is 12.7 Å². The number of hydrogen-bond donors (Lipinski definition) is 1. The van der Waals surface area contributed by atoms with E-state index >= 15 is 0 Å². The molecule has 1 heterocycles. The van der Waals surface area contributed by atoms with Gasteiger partial charge in [-0.1, -0.05) is 24.3 Å². The van der Waals surface area contributed by atoms with Gasteiger partial charge in [-0.05, 0) is 42.3 Å². The van der Waals surface area contributed by atoms with E-state index in [0.717, 1.165) is 16.8 Å². The Morgan fingerprint density at radius 3 is 2.65 bits per heavy atom. The Morgan fingerprint density at radius 2 is 2.00 bits per heavy atom. The zero-order valence-corrected chi connectivity index (χ0v) is 15.4. The fraction of sp³-hybridized carbons (Fsp3) is 0.211. The van der Waals surface area contributed by atoms with Crippen molar-refractivity contribution in [3.63, 3.8) is 0 Å². The lowest BCUT2D eigenvalue weighted by molar-refractivity contribution is 0.0940. The summed E-state index contributed by atoms with van der Waals surface area (Å²) >= 11 is 0. The lowest BCUT2D eigenvalue weighted by Gasteiger charge is -2.15. The summed E-state index contributed by atoms with van der Waals surface area (Å²) < 4.78 is 13.0. The van der Waals surface area contributed by atoms with Gasteiger partial charge in [0.25, 0.3) is 5.91 Å². The third kappa shape index (κ3) is 4.43. The molecule has 0 fully saturated rings. The Bertz CT molecular complexity index is 908. The SMILES string of the molecule is CC(NC(=O)c1cccc(CS(C)=O)c1)c1ccc(-n2cncn2)cc1. The van der Waals surface area contributed by atoms with Crippen molar-refractivity contribution < 1.29 is 9.00 Å². The highest BCUT2D eigenvalue weighted by atomic mass is 32.2. The van der Waals surface area contributed by atoms with Crippen LogP contribution in [0.15, 0.2) is 61.2 Å². The number of rotatable bonds is 6. The van der Waals surface area contributed by atoms with Crippen molar-refractivity contribution in [2.75, 3.05) is 6.26 Å². The van der Waals surface area contributed by atoms with Gasteiger partial charge in [0.2, 0.25) is 0 Å². The highest BCUT2D eigenvalue weighted by molar-refractivity contribution is 7.83. The molecule has 1 amide bonds. The zero-order valence-electron chi connectivity index (χ0n) is 14.6. The van der Waals surface area contributed by atoms with E-state index in [2.05, 4.69) is 15.4 Å². The van der Waals surface area contributed by atoms with Crippen LogP contribution in [-0.2, 0) is 16.6 Å². The largest absolute Gasteiger partial charge is 0.346 e. The Kier molecular flexibility index (Phi) is 5.58. The van der Waals surface area contributed by atoms with E-state index in [9.17, 15) is 9.00 Å². The van der Waals surface area contributed by atoms with Gasteiger partial charge in [0.15, 0.2) is 0 Å². The minimum absolute atomic E-state index is 0.142. The van der Waals surface area contributed by atoms with Crippen molar-refractivity contribution in [2.24, 2.45) is 0 Å². The molecule has 0 bridgehead atoms. The van der Waals surface area contributed by atoms with E-state index in [4.69, 9.17) is 0 Å². The molecular formula is C19H20N4O2S. The summed E-state index contributed by atoms with van der Waals surface area (Å²) in [5.74, 6) is 0.294. The number of nitrogens with one attached hydrogen (secondary N) is 1. The molecule has 26 heavy (non-hydrogen) atoms. The first-order valence-corrected chi connectivity index (χ1v) is 9.90. The van der Waals surface area contributed by atoms with E-state index in [-0.39, 0.29) is 11.9 Å². The summed E-state index contributed by atoms with van der Waals surface area (Å²) in [6.07, 6.45) is 4.77. The Balaban J connectivity index is 1.68. The molecule has 0 radical (unpaired) electrons. The fourth-order valence-corrected chi connectivity index (χ4v) is 3.31. The van der Waals surface area contributed by atoms with Gasteiger partial charge in [-0.25, -0.2) is 9.67 Å². The topological polar surface area (TPSA) is 76.9 Å². The molecule has 1 N–H and O–H groups in total. The van der Waals surface area contributed by atoms with Crippen LogP contribution in [0.1, 0.15) is 34.5 Å². The van der Waals surface area contributed by atoms with E-state index < -0.39 is 10.8 Å². The number of benzene rings is 2. The van der Waals surface area contributed by atoms with Crippen LogP contribution in [0.25, 0.3) is 5.69 Å². The third-order valence-corrected chi connectivity index (χ3v) is 4.72. The highest BCUT2D eigenvalue weighted by Crippen LogP contribution is 2.16. The van der Waals surface area contributed by atoms with Crippen molar-refractivity contribution in [3.8, 4) is 5.69 Å². The van der Waals surface area contributed by atoms with E-state index in [1.165, 1.54) is 6.33 Å². The summed E-state index contributed by atoms with van der Waals surface area (Å²) in [7, 11) is -0.937. The van der Waals surface area contributed by atoms with Gasteiger partial charge in [0, 0.05) is 28.4 Å². The maximum Gasteiger partial charge on any atom is 0.251 e. The molecule has 0 saturated carbocycles. The Morgan fingerprint density at radius 1 is 1.23 bits per heavy atom. The molecule has 0 aliphatic rings. The van der Waals surface area contributed by atoms with Crippen LogP contribution >= 0.6 is 0 Å². The standard InChI is InChI=1S/C19H20N4O2S/c1-14(16-6-8-18(9-7-16)23-13-20-12-21-23)22-19(24)17-5-3-4-15(10-17)11-26(2)25/h3-10,12-14H,11H2,1-2H3,(H,22,24). The van der Waals surface area contributed by atoms with E-state index in [1.807, 2.05) is 43.3 Å². The molecule has 0 aliphatic heterocycles. The average Bonchev–Trinajstić information content (AvgIpc) is 3.16. The molecule has 0 aliphatic carbocycles. The van der Waals surface area contributed by atoms with Crippen LogP contribution < -0.4 is 5.32 Å². The number of carbonyl (C=O) groups is 1. The number of carbonyl (C=O) groups excluding carboxylic acids is 1. The molecule has 0 saturated heterocycles. The third-order valence-electron chi connectivity index (χ3n) is 3.98. The normalized spacial score (nSPS) is 13.2. The van der Waals surface area contributed by atoms with Crippen molar-refractivity contribution in [2.45, 2.75) is 18.7 Å². The van der Waals surface area contributed by atoms with Crippen molar-refractivity contribution in [1.29, 1.82) is 0 Å². The second-order valence-electron chi connectivity index (χ2n) is 6.04. The molecule has 1 aromatic heterocycles. The monoisotopic (exact) mass is 368 g/mol. The minimum Gasteiger partial charge on any atom is -0.346 e. The van der Waals surface area contributed by atoms with Gasteiger partial charge in [0.05, 0.1) is 11.7 Å². The molecule has 2 aromatic carbocycles. The first kappa shape index (κ1) is 18.0. The molecular weight excluding hydrogens is 348 g/mol. The first-order valence-electron chi connectivity index (χ1n) is 8.18. The Labute approximate surface area is 154 Å².